The highest BCUT2D eigenvalue weighted by molar-refractivity contribution is 14.1. The normalized spacial score (nSPS) is 17.4. The highest BCUT2D eigenvalue weighted by Gasteiger charge is 2.14. The highest BCUT2D eigenvalue weighted by Crippen LogP contribution is 2.28. The van der Waals surface area contributed by atoms with Gasteiger partial charge in [0.05, 0.1) is 10.2 Å². The van der Waals surface area contributed by atoms with Gasteiger partial charge < -0.3 is 4.74 Å². The van der Waals surface area contributed by atoms with Crippen LogP contribution in [0.2, 0.25) is 0 Å². The largest absolute Gasteiger partial charge is 0.492 e. The third-order valence-electron chi connectivity index (χ3n) is 3.09. The van der Waals surface area contributed by atoms with Crippen molar-refractivity contribution in [2.75, 3.05) is 6.61 Å². The average molecular weight is 395 g/mol. The third-order valence-corrected chi connectivity index (χ3v) is 4.48. The van der Waals surface area contributed by atoms with Crippen molar-refractivity contribution >= 4 is 38.5 Å². The lowest BCUT2D eigenvalue weighted by molar-refractivity contribution is 0.207. The Kier molecular flexibility index (Phi) is 4.95. The molecule has 16 heavy (non-hydrogen) atoms. The monoisotopic (exact) mass is 394 g/mol. The van der Waals surface area contributed by atoms with Crippen LogP contribution in [0.25, 0.3) is 0 Å². The molecule has 1 fully saturated rings. The average Bonchev–Trinajstić information content (AvgIpc) is 2.32. The molecule has 0 spiro atoms. The van der Waals surface area contributed by atoms with Gasteiger partial charge >= 0.3 is 0 Å². The van der Waals surface area contributed by atoms with E-state index in [0.717, 1.165) is 22.7 Å². The fourth-order valence-electron chi connectivity index (χ4n) is 2.15. The fraction of sp³-hybridized carbons (Fsp3) is 0.538. The number of halogens is 2. The summed E-state index contributed by atoms with van der Waals surface area (Å²) in [5.74, 6) is 1.78. The van der Waals surface area contributed by atoms with Crippen molar-refractivity contribution in [1.29, 1.82) is 0 Å². The maximum absolute atomic E-state index is 5.92. The number of benzene rings is 1. The summed E-state index contributed by atoms with van der Waals surface area (Å²) in [6.07, 6.45) is 6.84. The van der Waals surface area contributed by atoms with Gasteiger partial charge in [0.1, 0.15) is 5.75 Å². The number of rotatable bonds is 3. The second kappa shape index (κ2) is 6.24. The van der Waals surface area contributed by atoms with Crippen molar-refractivity contribution in [3.8, 4) is 5.75 Å². The van der Waals surface area contributed by atoms with Crippen molar-refractivity contribution in [3.63, 3.8) is 0 Å². The molecule has 0 amide bonds. The number of hydrogen-bond acceptors (Lipinski definition) is 1. The second-order valence-electron chi connectivity index (χ2n) is 4.39. The second-order valence-corrected chi connectivity index (χ2v) is 6.47. The molecule has 88 valence electrons. The van der Waals surface area contributed by atoms with E-state index >= 15 is 0 Å². The Morgan fingerprint density at radius 2 is 2.00 bits per heavy atom. The Labute approximate surface area is 119 Å². The molecule has 1 saturated carbocycles. The quantitative estimate of drug-likeness (QED) is 0.654. The van der Waals surface area contributed by atoms with E-state index in [1.807, 2.05) is 0 Å². The number of hydrogen-bond donors (Lipinski definition) is 0. The first-order chi connectivity index (χ1) is 7.75. The van der Waals surface area contributed by atoms with Gasteiger partial charge in [-0.3, -0.25) is 0 Å². The minimum atomic E-state index is 0.767. The molecule has 1 aliphatic rings. The van der Waals surface area contributed by atoms with Crippen LogP contribution >= 0.6 is 38.5 Å². The molecule has 0 atom stereocenters. The zero-order valence-electron chi connectivity index (χ0n) is 9.22. The minimum absolute atomic E-state index is 0.767. The van der Waals surface area contributed by atoms with Gasteiger partial charge in [-0.05, 0) is 59.5 Å². The first kappa shape index (κ1) is 12.7. The van der Waals surface area contributed by atoms with E-state index < -0.39 is 0 Å². The third kappa shape index (κ3) is 3.62. The molecular weight excluding hydrogens is 379 g/mol. The van der Waals surface area contributed by atoms with Crippen molar-refractivity contribution in [1.82, 2.24) is 0 Å². The van der Waals surface area contributed by atoms with E-state index in [0.29, 0.717) is 0 Å². The standard InChI is InChI=1S/C13H16BrIO/c14-11-6-7-12(15)13(8-11)16-9-10-4-2-1-3-5-10/h6-8,10H,1-5,9H2. The molecule has 1 nitrogen and oxygen atoms in total. The lowest BCUT2D eigenvalue weighted by Gasteiger charge is -2.22. The molecule has 0 aliphatic heterocycles. The van der Waals surface area contributed by atoms with Crippen molar-refractivity contribution in [3.05, 3.63) is 26.2 Å². The van der Waals surface area contributed by atoms with Crippen LogP contribution < -0.4 is 4.74 Å². The number of ether oxygens (including phenoxy) is 1. The van der Waals surface area contributed by atoms with E-state index in [-0.39, 0.29) is 0 Å². The fourth-order valence-corrected chi connectivity index (χ4v) is 2.98. The summed E-state index contributed by atoms with van der Waals surface area (Å²) in [6, 6.07) is 6.20. The van der Waals surface area contributed by atoms with Crippen molar-refractivity contribution in [2.24, 2.45) is 5.92 Å². The summed E-state index contributed by atoms with van der Waals surface area (Å²) in [7, 11) is 0. The molecule has 3 heteroatoms. The minimum Gasteiger partial charge on any atom is -0.492 e. The van der Waals surface area contributed by atoms with Crippen molar-refractivity contribution in [2.45, 2.75) is 32.1 Å². The molecule has 0 radical (unpaired) electrons. The Balaban J connectivity index is 1.90. The van der Waals surface area contributed by atoms with E-state index in [4.69, 9.17) is 4.74 Å². The van der Waals surface area contributed by atoms with Crippen LogP contribution in [0.3, 0.4) is 0 Å². The van der Waals surface area contributed by atoms with Gasteiger partial charge in [-0.1, -0.05) is 35.2 Å². The summed E-state index contributed by atoms with van der Waals surface area (Å²) >= 11 is 5.80. The topological polar surface area (TPSA) is 9.23 Å². The van der Waals surface area contributed by atoms with Crippen LogP contribution in [0.4, 0.5) is 0 Å². The molecule has 0 aromatic heterocycles. The van der Waals surface area contributed by atoms with Gasteiger partial charge in [-0.25, -0.2) is 0 Å². The van der Waals surface area contributed by atoms with E-state index in [1.54, 1.807) is 0 Å². The molecule has 0 heterocycles. The molecule has 2 rings (SSSR count). The predicted octanol–water partition coefficient (Wildman–Crippen LogP) is 5.01. The molecule has 1 aromatic rings. The summed E-state index contributed by atoms with van der Waals surface area (Å²) in [5, 5.41) is 0. The Morgan fingerprint density at radius 3 is 2.75 bits per heavy atom. The van der Waals surface area contributed by atoms with Gasteiger partial charge in [-0.2, -0.15) is 0 Å². The lowest BCUT2D eigenvalue weighted by atomic mass is 9.90. The van der Waals surface area contributed by atoms with E-state index in [1.165, 1.54) is 35.7 Å². The Morgan fingerprint density at radius 1 is 1.25 bits per heavy atom. The van der Waals surface area contributed by atoms with Gasteiger partial charge in [0.25, 0.3) is 0 Å². The van der Waals surface area contributed by atoms with Crippen LogP contribution in [0.15, 0.2) is 22.7 Å². The molecule has 0 bridgehead atoms. The van der Waals surface area contributed by atoms with Crippen LogP contribution in [-0.4, -0.2) is 6.61 Å². The molecular formula is C13H16BrIO. The smallest absolute Gasteiger partial charge is 0.133 e. The first-order valence-corrected chi connectivity index (χ1v) is 7.71. The Bertz CT molecular complexity index is 348. The lowest BCUT2D eigenvalue weighted by Crippen LogP contribution is -2.15. The maximum Gasteiger partial charge on any atom is 0.133 e. The highest BCUT2D eigenvalue weighted by atomic mass is 127. The molecule has 0 saturated heterocycles. The molecule has 0 unspecified atom stereocenters. The van der Waals surface area contributed by atoms with E-state index in [2.05, 4.69) is 56.7 Å². The zero-order chi connectivity index (χ0) is 11.4. The molecule has 1 aliphatic carbocycles. The maximum atomic E-state index is 5.92. The molecule has 1 aromatic carbocycles. The van der Waals surface area contributed by atoms with Crippen LogP contribution in [0.5, 0.6) is 5.75 Å². The van der Waals surface area contributed by atoms with Crippen LogP contribution in [-0.2, 0) is 0 Å². The first-order valence-electron chi connectivity index (χ1n) is 5.83. The summed E-state index contributed by atoms with van der Waals surface area (Å²) in [5.41, 5.74) is 0. The Hall–Kier alpha value is 0.230. The van der Waals surface area contributed by atoms with Crippen molar-refractivity contribution < 1.29 is 4.74 Å². The van der Waals surface area contributed by atoms with Gasteiger partial charge in [-0.15, -0.1) is 0 Å². The predicted molar refractivity (Wildman–Crippen MR) is 78.9 cm³/mol. The van der Waals surface area contributed by atoms with Gasteiger partial charge in [0, 0.05) is 4.47 Å². The molecule has 0 N–H and O–H groups in total. The summed E-state index contributed by atoms with van der Waals surface area (Å²) in [4.78, 5) is 0. The van der Waals surface area contributed by atoms with Crippen LogP contribution in [0, 0.1) is 9.49 Å². The van der Waals surface area contributed by atoms with Crippen LogP contribution in [0.1, 0.15) is 32.1 Å². The SMILES string of the molecule is Brc1ccc(I)c(OCC2CCCCC2)c1. The van der Waals surface area contributed by atoms with Gasteiger partial charge in [0.15, 0.2) is 0 Å². The van der Waals surface area contributed by atoms with Gasteiger partial charge in [0.2, 0.25) is 0 Å². The summed E-state index contributed by atoms with van der Waals surface area (Å²) < 4.78 is 8.20. The summed E-state index contributed by atoms with van der Waals surface area (Å²) in [6.45, 7) is 0.881. The zero-order valence-corrected chi connectivity index (χ0v) is 13.0. The van der Waals surface area contributed by atoms with E-state index in [9.17, 15) is 0 Å².